The normalized spacial score (nSPS) is 12.9. The molecular weight excluding hydrogens is 270 g/mol. The third-order valence-electron chi connectivity index (χ3n) is 3.05. The highest BCUT2D eigenvalue weighted by Gasteiger charge is 2.16. The van der Waals surface area contributed by atoms with Crippen LogP contribution in [0.2, 0.25) is 0 Å². The lowest BCUT2D eigenvalue weighted by molar-refractivity contribution is -0.118. The summed E-state index contributed by atoms with van der Waals surface area (Å²) in [7, 11) is 0. The van der Waals surface area contributed by atoms with Crippen molar-refractivity contribution in [1.82, 2.24) is 10.3 Å². The van der Waals surface area contributed by atoms with Crippen LogP contribution in [0, 0.1) is 0 Å². The van der Waals surface area contributed by atoms with E-state index in [1.54, 1.807) is 30.5 Å². The van der Waals surface area contributed by atoms with Crippen molar-refractivity contribution in [3.05, 3.63) is 53.9 Å². The van der Waals surface area contributed by atoms with E-state index in [0.29, 0.717) is 23.5 Å². The minimum atomic E-state index is -0.193. The van der Waals surface area contributed by atoms with E-state index in [1.807, 2.05) is 6.07 Å². The number of benzene rings is 1. The molecule has 0 saturated heterocycles. The van der Waals surface area contributed by atoms with Crippen molar-refractivity contribution < 1.29 is 14.3 Å². The van der Waals surface area contributed by atoms with E-state index < -0.39 is 0 Å². The maximum Gasteiger partial charge on any atom is 0.262 e. The molecule has 2 N–H and O–H groups in total. The van der Waals surface area contributed by atoms with Crippen molar-refractivity contribution in [2.24, 2.45) is 0 Å². The molecule has 3 rings (SSSR count). The van der Waals surface area contributed by atoms with E-state index in [1.165, 1.54) is 6.20 Å². The third-order valence-corrected chi connectivity index (χ3v) is 3.05. The standard InChI is InChI=1S/C15H13N3O3/c19-14-9-21-13-4-3-10(6-12(13)18-14)7-17-15(20)11-2-1-5-16-8-11/h1-6,8H,7,9H2,(H,17,20)(H,18,19). The smallest absolute Gasteiger partial charge is 0.262 e. The number of aromatic nitrogens is 1. The Morgan fingerprint density at radius 3 is 3.10 bits per heavy atom. The molecule has 0 atom stereocenters. The lowest BCUT2D eigenvalue weighted by Gasteiger charge is -2.18. The molecule has 0 spiro atoms. The molecule has 1 aliphatic rings. The Labute approximate surface area is 121 Å². The van der Waals surface area contributed by atoms with Crippen molar-refractivity contribution in [2.45, 2.75) is 6.54 Å². The monoisotopic (exact) mass is 283 g/mol. The Bertz CT molecular complexity index is 686. The molecular formula is C15H13N3O3. The van der Waals surface area contributed by atoms with Crippen LogP contribution in [0.5, 0.6) is 5.75 Å². The molecule has 0 aliphatic carbocycles. The average molecular weight is 283 g/mol. The fourth-order valence-electron chi connectivity index (χ4n) is 2.02. The van der Waals surface area contributed by atoms with E-state index in [0.717, 1.165) is 5.56 Å². The molecule has 2 heterocycles. The second kappa shape index (κ2) is 5.62. The lowest BCUT2D eigenvalue weighted by Crippen LogP contribution is -2.26. The van der Waals surface area contributed by atoms with Crippen LogP contribution in [0.25, 0.3) is 0 Å². The Morgan fingerprint density at radius 1 is 1.38 bits per heavy atom. The van der Waals surface area contributed by atoms with Crippen LogP contribution in [-0.2, 0) is 11.3 Å². The highest BCUT2D eigenvalue weighted by molar-refractivity contribution is 5.95. The van der Waals surface area contributed by atoms with Gasteiger partial charge in [0.05, 0.1) is 11.3 Å². The first-order chi connectivity index (χ1) is 10.2. The van der Waals surface area contributed by atoms with Gasteiger partial charge in [0.1, 0.15) is 5.75 Å². The van der Waals surface area contributed by atoms with Crippen LogP contribution in [0.3, 0.4) is 0 Å². The molecule has 6 nitrogen and oxygen atoms in total. The zero-order valence-corrected chi connectivity index (χ0v) is 11.1. The Morgan fingerprint density at radius 2 is 2.29 bits per heavy atom. The van der Waals surface area contributed by atoms with Gasteiger partial charge in [-0.3, -0.25) is 14.6 Å². The van der Waals surface area contributed by atoms with Crippen LogP contribution >= 0.6 is 0 Å². The van der Waals surface area contributed by atoms with E-state index in [-0.39, 0.29) is 18.4 Å². The predicted molar refractivity (Wildman–Crippen MR) is 76.0 cm³/mol. The zero-order valence-electron chi connectivity index (χ0n) is 11.1. The SMILES string of the molecule is O=C1COc2ccc(CNC(=O)c3cccnc3)cc2N1. The fraction of sp³-hybridized carbons (Fsp3) is 0.133. The number of fused-ring (bicyclic) bond motifs is 1. The minimum absolute atomic E-state index is 0.0318. The molecule has 0 fully saturated rings. The first kappa shape index (κ1) is 13.1. The maximum atomic E-state index is 11.9. The summed E-state index contributed by atoms with van der Waals surface area (Å²) in [6.07, 6.45) is 3.12. The molecule has 0 radical (unpaired) electrons. The average Bonchev–Trinajstić information content (AvgIpc) is 2.53. The fourth-order valence-corrected chi connectivity index (χ4v) is 2.02. The van der Waals surface area contributed by atoms with Gasteiger partial charge in [-0.05, 0) is 29.8 Å². The molecule has 0 saturated carbocycles. The van der Waals surface area contributed by atoms with Gasteiger partial charge < -0.3 is 15.4 Å². The van der Waals surface area contributed by atoms with Crippen molar-refractivity contribution >= 4 is 17.5 Å². The number of carbonyl (C=O) groups excluding carboxylic acids is 2. The summed E-state index contributed by atoms with van der Waals surface area (Å²) in [5, 5.41) is 5.53. The summed E-state index contributed by atoms with van der Waals surface area (Å²) in [6, 6.07) is 8.82. The number of ether oxygens (including phenoxy) is 1. The van der Waals surface area contributed by atoms with Crippen molar-refractivity contribution in [3.8, 4) is 5.75 Å². The first-order valence-electron chi connectivity index (χ1n) is 6.46. The first-order valence-corrected chi connectivity index (χ1v) is 6.46. The maximum absolute atomic E-state index is 11.9. The Hall–Kier alpha value is -2.89. The molecule has 6 heteroatoms. The number of nitrogens with zero attached hydrogens (tertiary/aromatic N) is 1. The van der Waals surface area contributed by atoms with Gasteiger partial charge in [0.25, 0.3) is 11.8 Å². The van der Waals surface area contributed by atoms with E-state index in [9.17, 15) is 9.59 Å². The van der Waals surface area contributed by atoms with E-state index in [2.05, 4.69) is 15.6 Å². The largest absolute Gasteiger partial charge is 0.482 e. The molecule has 1 aromatic carbocycles. The summed E-state index contributed by atoms with van der Waals surface area (Å²) in [5.74, 6) is 0.261. The molecule has 2 amide bonds. The molecule has 0 bridgehead atoms. The number of carbonyl (C=O) groups is 2. The molecule has 1 aromatic heterocycles. The van der Waals surface area contributed by atoms with Gasteiger partial charge in [-0.15, -0.1) is 0 Å². The summed E-state index contributed by atoms with van der Waals surface area (Å²) >= 11 is 0. The van der Waals surface area contributed by atoms with Gasteiger partial charge >= 0.3 is 0 Å². The summed E-state index contributed by atoms with van der Waals surface area (Å²) < 4.78 is 5.28. The van der Waals surface area contributed by atoms with Crippen molar-refractivity contribution in [2.75, 3.05) is 11.9 Å². The Balaban J connectivity index is 1.67. The number of rotatable bonds is 3. The van der Waals surface area contributed by atoms with Gasteiger partial charge in [-0.25, -0.2) is 0 Å². The summed E-state index contributed by atoms with van der Waals surface area (Å²) in [5.41, 5.74) is 2.00. The topological polar surface area (TPSA) is 80.3 Å². The number of nitrogens with one attached hydrogen (secondary N) is 2. The van der Waals surface area contributed by atoms with E-state index in [4.69, 9.17) is 4.74 Å². The zero-order chi connectivity index (χ0) is 14.7. The van der Waals surface area contributed by atoms with Crippen molar-refractivity contribution in [3.63, 3.8) is 0 Å². The minimum Gasteiger partial charge on any atom is -0.482 e. The van der Waals surface area contributed by atoms with Crippen LogP contribution in [0.1, 0.15) is 15.9 Å². The molecule has 21 heavy (non-hydrogen) atoms. The van der Waals surface area contributed by atoms with Crippen molar-refractivity contribution in [1.29, 1.82) is 0 Å². The predicted octanol–water partition coefficient (Wildman–Crippen LogP) is 1.34. The van der Waals surface area contributed by atoms with Crippen LogP contribution in [0.15, 0.2) is 42.7 Å². The highest BCUT2D eigenvalue weighted by atomic mass is 16.5. The summed E-state index contributed by atoms with van der Waals surface area (Å²) in [4.78, 5) is 27.1. The highest BCUT2D eigenvalue weighted by Crippen LogP contribution is 2.28. The summed E-state index contributed by atoms with van der Waals surface area (Å²) in [6.45, 7) is 0.390. The van der Waals surface area contributed by atoms with Crippen LogP contribution < -0.4 is 15.4 Å². The number of anilines is 1. The molecule has 1 aliphatic heterocycles. The van der Waals surface area contributed by atoms with Gasteiger partial charge in [-0.2, -0.15) is 0 Å². The molecule has 2 aromatic rings. The van der Waals surface area contributed by atoms with Gasteiger partial charge in [-0.1, -0.05) is 6.07 Å². The number of hydrogen-bond donors (Lipinski definition) is 2. The van der Waals surface area contributed by atoms with Crippen LogP contribution in [0.4, 0.5) is 5.69 Å². The van der Waals surface area contributed by atoms with Crippen LogP contribution in [-0.4, -0.2) is 23.4 Å². The Kier molecular flexibility index (Phi) is 3.51. The third kappa shape index (κ3) is 3.00. The van der Waals surface area contributed by atoms with Gasteiger partial charge in [0, 0.05) is 18.9 Å². The lowest BCUT2D eigenvalue weighted by atomic mass is 10.1. The second-order valence-electron chi connectivity index (χ2n) is 4.59. The number of hydrogen-bond acceptors (Lipinski definition) is 4. The van der Waals surface area contributed by atoms with Gasteiger partial charge in [0.15, 0.2) is 6.61 Å². The van der Waals surface area contributed by atoms with Gasteiger partial charge in [0.2, 0.25) is 0 Å². The van der Waals surface area contributed by atoms with E-state index >= 15 is 0 Å². The quantitative estimate of drug-likeness (QED) is 0.891. The number of pyridine rings is 1. The molecule has 106 valence electrons. The second-order valence-corrected chi connectivity index (χ2v) is 4.59. The number of amides is 2. The molecule has 0 unspecified atom stereocenters.